The second-order valence-corrected chi connectivity index (χ2v) is 3.35. The van der Waals surface area contributed by atoms with Gasteiger partial charge in [-0.1, -0.05) is 0 Å². The molecule has 0 amide bonds. The number of halogens is 1. The molecule has 3 N–H and O–H groups in total. The fourth-order valence-electron chi connectivity index (χ4n) is 1.26. The molecule has 2 aromatic rings. The van der Waals surface area contributed by atoms with Crippen LogP contribution >= 0.6 is 0 Å². The van der Waals surface area contributed by atoms with Gasteiger partial charge in [-0.15, -0.1) is 0 Å². The second-order valence-electron chi connectivity index (χ2n) is 3.35. The highest BCUT2D eigenvalue weighted by atomic mass is 19.1. The smallest absolute Gasteiger partial charge is 0.141 e. The SMILES string of the molecule is N=C(N)c1cc(Oc2ccc(F)cc2)ccn1. The highest BCUT2D eigenvalue weighted by molar-refractivity contribution is 5.93. The molecule has 1 heterocycles. The van der Waals surface area contributed by atoms with E-state index in [2.05, 4.69) is 4.98 Å². The molecular weight excluding hydrogens is 221 g/mol. The van der Waals surface area contributed by atoms with Crippen molar-refractivity contribution in [1.29, 1.82) is 5.41 Å². The number of rotatable bonds is 3. The molecule has 0 spiro atoms. The Morgan fingerprint density at radius 3 is 2.53 bits per heavy atom. The number of nitrogens with two attached hydrogens (primary N) is 1. The van der Waals surface area contributed by atoms with E-state index in [-0.39, 0.29) is 11.7 Å². The third-order valence-electron chi connectivity index (χ3n) is 2.06. The summed E-state index contributed by atoms with van der Waals surface area (Å²) in [5.41, 5.74) is 5.65. The summed E-state index contributed by atoms with van der Waals surface area (Å²) in [6.45, 7) is 0. The van der Waals surface area contributed by atoms with Crippen LogP contribution in [0.3, 0.4) is 0 Å². The van der Waals surface area contributed by atoms with E-state index in [4.69, 9.17) is 15.9 Å². The fraction of sp³-hybridized carbons (Fsp3) is 0. The Hall–Kier alpha value is -2.43. The summed E-state index contributed by atoms with van der Waals surface area (Å²) in [7, 11) is 0. The quantitative estimate of drug-likeness (QED) is 0.628. The van der Waals surface area contributed by atoms with Gasteiger partial charge in [0.05, 0.1) is 0 Å². The Kier molecular flexibility index (Phi) is 3.00. The molecule has 86 valence electrons. The van der Waals surface area contributed by atoms with Crippen LogP contribution in [0.2, 0.25) is 0 Å². The molecule has 0 saturated carbocycles. The van der Waals surface area contributed by atoms with Gasteiger partial charge in [0, 0.05) is 12.3 Å². The van der Waals surface area contributed by atoms with E-state index in [1.807, 2.05) is 0 Å². The molecular formula is C12H10FN3O. The van der Waals surface area contributed by atoms with E-state index in [1.54, 1.807) is 12.1 Å². The van der Waals surface area contributed by atoms with Gasteiger partial charge >= 0.3 is 0 Å². The minimum atomic E-state index is -0.323. The summed E-state index contributed by atoms with van der Waals surface area (Å²) in [6.07, 6.45) is 1.50. The van der Waals surface area contributed by atoms with E-state index in [1.165, 1.54) is 30.5 Å². The number of pyridine rings is 1. The Morgan fingerprint density at radius 2 is 1.88 bits per heavy atom. The maximum absolute atomic E-state index is 12.7. The summed E-state index contributed by atoms with van der Waals surface area (Å²) >= 11 is 0. The zero-order valence-corrected chi connectivity index (χ0v) is 8.85. The van der Waals surface area contributed by atoms with Crippen molar-refractivity contribution in [2.24, 2.45) is 5.73 Å². The van der Waals surface area contributed by atoms with Crippen molar-refractivity contribution in [3.05, 3.63) is 54.1 Å². The zero-order valence-electron chi connectivity index (χ0n) is 8.85. The lowest BCUT2D eigenvalue weighted by atomic mass is 10.3. The van der Waals surface area contributed by atoms with Gasteiger partial charge in [0.15, 0.2) is 0 Å². The molecule has 0 aliphatic rings. The molecule has 0 saturated heterocycles. The predicted molar refractivity (Wildman–Crippen MR) is 61.7 cm³/mol. The van der Waals surface area contributed by atoms with Gasteiger partial charge in [0.25, 0.3) is 0 Å². The molecule has 0 fully saturated rings. The van der Waals surface area contributed by atoms with E-state index in [0.29, 0.717) is 17.2 Å². The summed E-state index contributed by atoms with van der Waals surface area (Å²) < 4.78 is 18.2. The molecule has 1 aromatic heterocycles. The monoisotopic (exact) mass is 231 g/mol. The van der Waals surface area contributed by atoms with Crippen LogP contribution in [0, 0.1) is 11.2 Å². The molecule has 2 rings (SSSR count). The van der Waals surface area contributed by atoms with Crippen LogP contribution in [0.15, 0.2) is 42.6 Å². The minimum Gasteiger partial charge on any atom is -0.457 e. The largest absolute Gasteiger partial charge is 0.457 e. The van der Waals surface area contributed by atoms with Crippen LogP contribution in [-0.4, -0.2) is 10.8 Å². The number of amidine groups is 1. The number of benzene rings is 1. The molecule has 0 radical (unpaired) electrons. The van der Waals surface area contributed by atoms with Crippen molar-refractivity contribution in [3.8, 4) is 11.5 Å². The highest BCUT2D eigenvalue weighted by Crippen LogP contribution is 2.21. The zero-order chi connectivity index (χ0) is 12.3. The average molecular weight is 231 g/mol. The molecule has 1 aromatic carbocycles. The standard InChI is InChI=1S/C12H10FN3O/c13-8-1-3-9(4-2-8)17-10-5-6-16-11(7-10)12(14)15/h1-7H,(H3,14,15). The number of ether oxygens (including phenoxy) is 1. The van der Waals surface area contributed by atoms with Gasteiger partial charge < -0.3 is 10.5 Å². The number of hydrogen-bond acceptors (Lipinski definition) is 3. The van der Waals surface area contributed by atoms with Gasteiger partial charge in [0.2, 0.25) is 0 Å². The summed E-state index contributed by atoms with van der Waals surface area (Å²) in [5, 5.41) is 7.25. The fourth-order valence-corrected chi connectivity index (χ4v) is 1.26. The van der Waals surface area contributed by atoms with E-state index in [9.17, 15) is 4.39 Å². The topological polar surface area (TPSA) is 72.0 Å². The molecule has 5 heteroatoms. The third-order valence-corrected chi connectivity index (χ3v) is 2.06. The van der Waals surface area contributed by atoms with Crippen molar-refractivity contribution in [1.82, 2.24) is 4.98 Å². The Balaban J connectivity index is 2.21. The molecule has 0 aliphatic heterocycles. The highest BCUT2D eigenvalue weighted by Gasteiger charge is 2.02. The number of nitrogens with zero attached hydrogens (tertiary/aromatic N) is 1. The maximum Gasteiger partial charge on any atom is 0.141 e. The van der Waals surface area contributed by atoms with Crippen molar-refractivity contribution < 1.29 is 9.13 Å². The van der Waals surface area contributed by atoms with Crippen molar-refractivity contribution >= 4 is 5.84 Å². The Morgan fingerprint density at radius 1 is 1.18 bits per heavy atom. The Labute approximate surface area is 97.4 Å². The van der Waals surface area contributed by atoms with Crippen LogP contribution in [0.4, 0.5) is 4.39 Å². The number of hydrogen-bond donors (Lipinski definition) is 2. The second kappa shape index (κ2) is 4.61. The van der Waals surface area contributed by atoms with Crippen LogP contribution < -0.4 is 10.5 Å². The first-order valence-corrected chi connectivity index (χ1v) is 4.89. The molecule has 0 atom stereocenters. The average Bonchev–Trinajstić information content (AvgIpc) is 2.32. The molecule has 17 heavy (non-hydrogen) atoms. The van der Waals surface area contributed by atoms with Gasteiger partial charge in [0.1, 0.15) is 28.8 Å². The van der Waals surface area contributed by atoms with E-state index < -0.39 is 0 Å². The maximum atomic E-state index is 12.7. The van der Waals surface area contributed by atoms with Crippen molar-refractivity contribution in [2.45, 2.75) is 0 Å². The lowest BCUT2D eigenvalue weighted by Crippen LogP contribution is -2.12. The van der Waals surface area contributed by atoms with Crippen LogP contribution in [0.25, 0.3) is 0 Å². The van der Waals surface area contributed by atoms with Crippen molar-refractivity contribution in [3.63, 3.8) is 0 Å². The molecule has 0 aliphatic carbocycles. The number of aromatic nitrogens is 1. The number of nitrogens with one attached hydrogen (secondary N) is 1. The summed E-state index contributed by atoms with van der Waals surface area (Å²) in [5.74, 6) is 0.551. The first-order chi connectivity index (χ1) is 8.15. The predicted octanol–water partition coefficient (Wildman–Crippen LogP) is 2.30. The van der Waals surface area contributed by atoms with Gasteiger partial charge in [-0.2, -0.15) is 0 Å². The summed E-state index contributed by atoms with van der Waals surface area (Å²) in [6, 6.07) is 8.83. The lowest BCUT2D eigenvalue weighted by Gasteiger charge is -2.06. The number of nitrogen functional groups attached to an aromatic ring is 1. The normalized spacial score (nSPS) is 9.94. The van der Waals surface area contributed by atoms with Crippen LogP contribution in [0.1, 0.15) is 5.69 Å². The lowest BCUT2D eigenvalue weighted by molar-refractivity contribution is 0.479. The van der Waals surface area contributed by atoms with Crippen molar-refractivity contribution in [2.75, 3.05) is 0 Å². The Bertz CT molecular complexity index is 540. The van der Waals surface area contributed by atoms with E-state index >= 15 is 0 Å². The summed E-state index contributed by atoms with van der Waals surface area (Å²) in [4.78, 5) is 3.91. The molecule has 4 nitrogen and oxygen atoms in total. The molecule has 0 unspecified atom stereocenters. The first kappa shape index (κ1) is 11.1. The first-order valence-electron chi connectivity index (χ1n) is 4.89. The van der Waals surface area contributed by atoms with E-state index in [0.717, 1.165) is 0 Å². The molecule has 0 bridgehead atoms. The van der Waals surface area contributed by atoms with Crippen LogP contribution in [0.5, 0.6) is 11.5 Å². The third kappa shape index (κ3) is 2.78. The van der Waals surface area contributed by atoms with Gasteiger partial charge in [-0.05, 0) is 30.3 Å². The van der Waals surface area contributed by atoms with Gasteiger partial charge in [-0.3, -0.25) is 10.4 Å². The minimum absolute atomic E-state index is 0.130. The van der Waals surface area contributed by atoms with Crippen LogP contribution in [-0.2, 0) is 0 Å². The van der Waals surface area contributed by atoms with Gasteiger partial charge in [-0.25, -0.2) is 4.39 Å².